The predicted molar refractivity (Wildman–Crippen MR) is 108 cm³/mol. The Labute approximate surface area is 163 Å². The van der Waals surface area contributed by atoms with Crippen LogP contribution in [0.2, 0.25) is 0 Å². The fraction of sp³-hybridized carbons (Fsp3) is 0.0556. The second-order valence-electron chi connectivity index (χ2n) is 5.11. The largest absolute Gasteiger partial charge is 0.465 e. The Morgan fingerprint density at radius 1 is 1.16 bits per heavy atom. The van der Waals surface area contributed by atoms with Crippen molar-refractivity contribution in [3.05, 3.63) is 69.0 Å². The third-order valence-corrected chi connectivity index (χ3v) is 5.34. The highest BCUT2D eigenvalue weighted by molar-refractivity contribution is 9.10. The molecule has 2 aromatic rings. The van der Waals surface area contributed by atoms with Crippen molar-refractivity contribution < 1.29 is 14.3 Å². The molecule has 2 aromatic carbocycles. The normalized spacial score (nSPS) is 15.8. The number of rotatable bonds is 3. The third-order valence-electron chi connectivity index (χ3n) is 3.51. The van der Waals surface area contributed by atoms with Crippen molar-refractivity contribution in [3.8, 4) is 0 Å². The minimum absolute atomic E-state index is 0.177. The van der Waals surface area contributed by atoms with Gasteiger partial charge in [-0.2, -0.15) is 0 Å². The molecular formula is C18H12BrNO3S2. The van der Waals surface area contributed by atoms with Crippen LogP contribution in [0.15, 0.2) is 57.9 Å². The molecule has 1 amide bonds. The lowest BCUT2D eigenvalue weighted by molar-refractivity contribution is -0.113. The molecule has 126 valence electrons. The zero-order valence-electron chi connectivity index (χ0n) is 13.1. The van der Waals surface area contributed by atoms with Crippen molar-refractivity contribution in [3.63, 3.8) is 0 Å². The third kappa shape index (κ3) is 3.84. The molecule has 4 nitrogen and oxygen atoms in total. The van der Waals surface area contributed by atoms with Gasteiger partial charge >= 0.3 is 5.97 Å². The van der Waals surface area contributed by atoms with Crippen LogP contribution >= 0.6 is 39.9 Å². The molecule has 0 unspecified atom stereocenters. The number of halogens is 1. The van der Waals surface area contributed by atoms with Gasteiger partial charge in [-0.25, -0.2) is 4.79 Å². The second kappa shape index (κ2) is 7.51. The van der Waals surface area contributed by atoms with E-state index in [4.69, 9.17) is 12.2 Å². The highest BCUT2D eigenvalue weighted by Gasteiger charge is 2.33. The maximum Gasteiger partial charge on any atom is 0.337 e. The summed E-state index contributed by atoms with van der Waals surface area (Å²) in [5, 5.41) is 0. The van der Waals surface area contributed by atoms with Gasteiger partial charge in [0.1, 0.15) is 0 Å². The van der Waals surface area contributed by atoms with Crippen molar-refractivity contribution in [1.29, 1.82) is 0 Å². The lowest BCUT2D eigenvalue weighted by Crippen LogP contribution is -2.27. The standard InChI is InChI=1S/C18H12BrNO3S2/c1-23-17(22)12-4-8-14(9-5-12)20-16(21)15(25-18(20)24)10-11-2-6-13(19)7-3-11/h2-10H,1H3/b15-10+. The maximum absolute atomic E-state index is 12.7. The van der Waals surface area contributed by atoms with E-state index in [1.54, 1.807) is 24.3 Å². The van der Waals surface area contributed by atoms with E-state index in [1.807, 2.05) is 30.3 Å². The molecule has 0 bridgehead atoms. The van der Waals surface area contributed by atoms with Gasteiger partial charge in [0.25, 0.3) is 5.91 Å². The number of amides is 1. The number of nitrogens with zero attached hydrogens (tertiary/aromatic N) is 1. The van der Waals surface area contributed by atoms with E-state index in [2.05, 4.69) is 20.7 Å². The van der Waals surface area contributed by atoms with Gasteiger partial charge in [-0.05, 0) is 48.0 Å². The summed E-state index contributed by atoms with van der Waals surface area (Å²) in [5.74, 6) is -0.601. The number of ether oxygens (including phenoxy) is 1. The quantitative estimate of drug-likeness (QED) is 0.400. The van der Waals surface area contributed by atoms with Gasteiger partial charge in [0.2, 0.25) is 0 Å². The first kappa shape index (κ1) is 17.8. The Morgan fingerprint density at radius 3 is 2.40 bits per heavy atom. The Morgan fingerprint density at radius 2 is 1.80 bits per heavy atom. The Hall–Kier alpha value is -1.96. The highest BCUT2D eigenvalue weighted by Crippen LogP contribution is 2.36. The van der Waals surface area contributed by atoms with E-state index < -0.39 is 5.97 Å². The van der Waals surface area contributed by atoms with E-state index in [9.17, 15) is 9.59 Å². The summed E-state index contributed by atoms with van der Waals surface area (Å²) in [6, 6.07) is 14.2. The van der Waals surface area contributed by atoms with Crippen molar-refractivity contribution in [2.24, 2.45) is 0 Å². The topological polar surface area (TPSA) is 46.6 Å². The summed E-state index contributed by atoms with van der Waals surface area (Å²) in [6.45, 7) is 0. The second-order valence-corrected chi connectivity index (χ2v) is 7.70. The summed E-state index contributed by atoms with van der Waals surface area (Å²) in [6.07, 6.45) is 1.81. The Bertz CT molecular complexity index is 876. The average Bonchev–Trinajstić information content (AvgIpc) is 2.90. The smallest absolute Gasteiger partial charge is 0.337 e. The molecule has 1 aliphatic rings. The summed E-state index contributed by atoms with van der Waals surface area (Å²) in [7, 11) is 1.32. The van der Waals surface area contributed by atoms with Crippen molar-refractivity contribution in [2.75, 3.05) is 12.0 Å². The van der Waals surface area contributed by atoms with Gasteiger partial charge in [0.15, 0.2) is 4.32 Å². The molecule has 3 rings (SSSR count). The minimum Gasteiger partial charge on any atom is -0.465 e. The molecule has 1 aliphatic heterocycles. The molecule has 1 heterocycles. The molecule has 0 N–H and O–H groups in total. The van der Waals surface area contributed by atoms with E-state index in [1.165, 1.54) is 23.8 Å². The van der Waals surface area contributed by atoms with Crippen LogP contribution < -0.4 is 4.90 Å². The molecule has 0 aliphatic carbocycles. The van der Waals surface area contributed by atoms with Crippen LogP contribution in [0.4, 0.5) is 5.69 Å². The summed E-state index contributed by atoms with van der Waals surface area (Å²) in [5.41, 5.74) is 1.96. The Balaban J connectivity index is 1.86. The number of carbonyl (C=O) groups is 2. The van der Waals surface area contributed by atoms with Crippen molar-refractivity contribution in [1.82, 2.24) is 0 Å². The molecule has 0 atom stereocenters. The first-order valence-electron chi connectivity index (χ1n) is 7.21. The number of hydrogen-bond acceptors (Lipinski definition) is 5. The van der Waals surface area contributed by atoms with E-state index >= 15 is 0 Å². The van der Waals surface area contributed by atoms with Crippen molar-refractivity contribution >= 4 is 67.9 Å². The summed E-state index contributed by atoms with van der Waals surface area (Å²) >= 11 is 9.99. The predicted octanol–water partition coefficient (Wildman–Crippen LogP) is 4.64. The van der Waals surface area contributed by atoms with Crippen LogP contribution in [0.3, 0.4) is 0 Å². The molecular weight excluding hydrogens is 422 g/mol. The first-order chi connectivity index (χ1) is 12.0. The zero-order chi connectivity index (χ0) is 18.0. The molecule has 0 radical (unpaired) electrons. The van der Waals surface area contributed by atoms with E-state index in [-0.39, 0.29) is 5.91 Å². The van der Waals surface area contributed by atoms with Gasteiger partial charge in [0, 0.05) is 4.47 Å². The monoisotopic (exact) mass is 433 g/mol. The van der Waals surface area contributed by atoms with Crippen LogP contribution in [-0.2, 0) is 9.53 Å². The number of thiocarbonyl (C=S) groups is 1. The lowest BCUT2D eigenvalue weighted by Gasteiger charge is -2.14. The molecule has 0 aromatic heterocycles. The number of carbonyl (C=O) groups excluding carboxylic acids is 2. The molecule has 1 saturated heterocycles. The average molecular weight is 434 g/mol. The van der Waals surface area contributed by atoms with Crippen LogP contribution in [0.5, 0.6) is 0 Å². The Kier molecular flexibility index (Phi) is 5.36. The van der Waals surface area contributed by atoms with E-state index in [0.29, 0.717) is 20.5 Å². The fourth-order valence-electron chi connectivity index (χ4n) is 2.27. The van der Waals surface area contributed by atoms with Crippen LogP contribution in [-0.4, -0.2) is 23.3 Å². The zero-order valence-corrected chi connectivity index (χ0v) is 16.3. The lowest BCUT2D eigenvalue weighted by atomic mass is 10.2. The number of methoxy groups -OCH3 is 1. The van der Waals surface area contributed by atoms with Gasteiger partial charge in [0.05, 0.1) is 23.3 Å². The van der Waals surface area contributed by atoms with Gasteiger partial charge < -0.3 is 4.74 Å². The van der Waals surface area contributed by atoms with Gasteiger partial charge in [-0.1, -0.05) is 52.0 Å². The summed E-state index contributed by atoms with van der Waals surface area (Å²) in [4.78, 5) is 26.2. The number of benzene rings is 2. The first-order valence-corrected chi connectivity index (χ1v) is 9.23. The molecule has 25 heavy (non-hydrogen) atoms. The number of hydrogen-bond donors (Lipinski definition) is 0. The summed E-state index contributed by atoms with van der Waals surface area (Å²) < 4.78 is 6.11. The molecule has 0 saturated carbocycles. The molecule has 0 spiro atoms. The van der Waals surface area contributed by atoms with Crippen LogP contribution in [0, 0.1) is 0 Å². The van der Waals surface area contributed by atoms with E-state index in [0.717, 1.165) is 10.0 Å². The fourth-order valence-corrected chi connectivity index (χ4v) is 3.83. The minimum atomic E-state index is -0.424. The van der Waals surface area contributed by atoms with Crippen molar-refractivity contribution in [2.45, 2.75) is 0 Å². The maximum atomic E-state index is 12.7. The van der Waals surface area contributed by atoms with Crippen LogP contribution in [0.1, 0.15) is 15.9 Å². The van der Waals surface area contributed by atoms with Gasteiger partial charge in [-0.3, -0.25) is 9.69 Å². The van der Waals surface area contributed by atoms with Crippen LogP contribution in [0.25, 0.3) is 6.08 Å². The number of thioether (sulfide) groups is 1. The molecule has 1 fully saturated rings. The SMILES string of the molecule is COC(=O)c1ccc(N2C(=O)/C(=C\c3ccc(Br)cc3)SC2=S)cc1. The highest BCUT2D eigenvalue weighted by atomic mass is 79.9. The number of anilines is 1. The number of esters is 1. The van der Waals surface area contributed by atoms with Gasteiger partial charge in [-0.15, -0.1) is 0 Å². The molecule has 7 heteroatoms.